The number of hydrogen-bond donors (Lipinski definition) is 0. The molecule has 29 heavy (non-hydrogen) atoms. The first kappa shape index (κ1) is 18.6. The first-order chi connectivity index (χ1) is 14.1. The maximum atomic E-state index is 12.5. The molecule has 0 aliphatic heterocycles. The highest BCUT2D eigenvalue weighted by Gasteiger charge is 2.16. The molecule has 7 heteroatoms. The van der Waals surface area contributed by atoms with Crippen LogP contribution in [-0.4, -0.2) is 25.6 Å². The Morgan fingerprint density at radius 2 is 1.79 bits per heavy atom. The van der Waals surface area contributed by atoms with E-state index in [4.69, 9.17) is 9.47 Å². The highest BCUT2D eigenvalue weighted by Crippen LogP contribution is 2.25. The molecule has 2 heterocycles. The first-order valence-electron chi connectivity index (χ1n) is 9.24. The van der Waals surface area contributed by atoms with E-state index >= 15 is 0 Å². The molecular weight excluding hydrogens is 368 g/mol. The average Bonchev–Trinajstić information content (AvgIpc) is 3.20. The normalized spacial score (nSPS) is 10.8. The Labute approximate surface area is 168 Å². The molecule has 0 fully saturated rings. The average molecular weight is 388 g/mol. The van der Waals surface area contributed by atoms with E-state index < -0.39 is 0 Å². The third kappa shape index (κ3) is 4.08. The minimum absolute atomic E-state index is 0.113. The zero-order chi connectivity index (χ0) is 20.2. The van der Waals surface area contributed by atoms with Crippen LogP contribution in [0, 0.1) is 13.8 Å². The number of para-hydroxylation sites is 2. The summed E-state index contributed by atoms with van der Waals surface area (Å²) in [7, 11) is 0. The van der Waals surface area contributed by atoms with Crippen molar-refractivity contribution in [1.82, 2.24) is 19.6 Å². The molecule has 0 saturated heterocycles. The van der Waals surface area contributed by atoms with Gasteiger partial charge in [0, 0.05) is 22.5 Å². The SMILES string of the molecule is Cc1nc2ncnn2c(C)c1CC(=O)OCc1ccccc1Oc1ccccc1. The van der Waals surface area contributed by atoms with Crippen LogP contribution in [0.3, 0.4) is 0 Å². The molecule has 4 aromatic rings. The Morgan fingerprint density at radius 1 is 1.03 bits per heavy atom. The van der Waals surface area contributed by atoms with Crippen molar-refractivity contribution in [2.24, 2.45) is 0 Å². The number of nitrogens with zero attached hydrogens (tertiary/aromatic N) is 4. The number of rotatable bonds is 6. The molecular formula is C22H20N4O3. The molecule has 0 radical (unpaired) electrons. The number of carbonyl (C=O) groups excluding carboxylic acids is 1. The van der Waals surface area contributed by atoms with Gasteiger partial charge in [0.25, 0.3) is 5.78 Å². The summed E-state index contributed by atoms with van der Waals surface area (Å²) in [5.74, 6) is 1.56. The number of carbonyl (C=O) groups is 1. The molecule has 0 spiro atoms. The Bertz CT molecular complexity index is 1160. The summed E-state index contributed by atoms with van der Waals surface area (Å²) in [6, 6.07) is 17.0. The smallest absolute Gasteiger partial charge is 0.310 e. The van der Waals surface area contributed by atoms with Crippen molar-refractivity contribution in [2.45, 2.75) is 26.9 Å². The molecule has 0 aliphatic carbocycles. The lowest BCUT2D eigenvalue weighted by atomic mass is 10.1. The van der Waals surface area contributed by atoms with Gasteiger partial charge in [-0.2, -0.15) is 10.1 Å². The van der Waals surface area contributed by atoms with Gasteiger partial charge in [0.05, 0.1) is 6.42 Å². The van der Waals surface area contributed by atoms with Crippen LogP contribution < -0.4 is 4.74 Å². The molecule has 0 bridgehead atoms. The lowest BCUT2D eigenvalue weighted by Crippen LogP contribution is -2.13. The van der Waals surface area contributed by atoms with Gasteiger partial charge in [-0.1, -0.05) is 36.4 Å². The number of ether oxygens (including phenoxy) is 2. The van der Waals surface area contributed by atoms with Crippen molar-refractivity contribution in [3.8, 4) is 11.5 Å². The van der Waals surface area contributed by atoms with E-state index in [1.165, 1.54) is 6.33 Å². The number of fused-ring (bicyclic) bond motifs is 1. The quantitative estimate of drug-likeness (QED) is 0.467. The predicted molar refractivity (Wildman–Crippen MR) is 107 cm³/mol. The van der Waals surface area contributed by atoms with Crippen molar-refractivity contribution in [2.75, 3.05) is 0 Å². The number of hydrogen-bond acceptors (Lipinski definition) is 6. The van der Waals surface area contributed by atoms with E-state index in [0.717, 1.165) is 28.3 Å². The highest BCUT2D eigenvalue weighted by atomic mass is 16.5. The largest absolute Gasteiger partial charge is 0.460 e. The van der Waals surface area contributed by atoms with Crippen LogP contribution in [-0.2, 0) is 22.6 Å². The van der Waals surface area contributed by atoms with Crippen LogP contribution in [0.2, 0.25) is 0 Å². The van der Waals surface area contributed by atoms with Crippen molar-refractivity contribution in [3.05, 3.63) is 83.4 Å². The van der Waals surface area contributed by atoms with E-state index in [1.807, 2.05) is 68.4 Å². The van der Waals surface area contributed by atoms with Crippen LogP contribution in [0.1, 0.15) is 22.5 Å². The van der Waals surface area contributed by atoms with Gasteiger partial charge in [-0.25, -0.2) is 9.50 Å². The lowest BCUT2D eigenvalue weighted by molar-refractivity contribution is -0.144. The van der Waals surface area contributed by atoms with Gasteiger partial charge in [0.15, 0.2) is 0 Å². The maximum Gasteiger partial charge on any atom is 0.310 e. The van der Waals surface area contributed by atoms with Crippen LogP contribution in [0.5, 0.6) is 11.5 Å². The number of aromatic nitrogens is 4. The minimum Gasteiger partial charge on any atom is -0.460 e. The van der Waals surface area contributed by atoms with Gasteiger partial charge in [0.2, 0.25) is 0 Å². The van der Waals surface area contributed by atoms with Gasteiger partial charge in [0.1, 0.15) is 24.4 Å². The van der Waals surface area contributed by atoms with Gasteiger partial charge in [-0.05, 0) is 32.0 Å². The number of benzene rings is 2. The maximum absolute atomic E-state index is 12.5. The van der Waals surface area contributed by atoms with E-state index in [2.05, 4.69) is 15.1 Å². The van der Waals surface area contributed by atoms with Gasteiger partial charge in [-0.15, -0.1) is 0 Å². The number of esters is 1. The lowest BCUT2D eigenvalue weighted by Gasteiger charge is -2.13. The third-order valence-electron chi connectivity index (χ3n) is 4.64. The summed E-state index contributed by atoms with van der Waals surface area (Å²) in [4.78, 5) is 21.0. The van der Waals surface area contributed by atoms with Crippen LogP contribution in [0.25, 0.3) is 5.78 Å². The molecule has 0 atom stereocenters. The molecule has 0 saturated carbocycles. The van der Waals surface area contributed by atoms with Crippen molar-refractivity contribution in [3.63, 3.8) is 0 Å². The standard InChI is InChI=1S/C22H20N4O3/c1-15-19(16(2)26-22(25-15)23-14-24-26)12-21(27)28-13-17-8-6-7-11-20(17)29-18-9-4-3-5-10-18/h3-11,14H,12-13H2,1-2H3. The summed E-state index contributed by atoms with van der Waals surface area (Å²) in [5.41, 5.74) is 3.16. The summed E-state index contributed by atoms with van der Waals surface area (Å²) in [6.45, 7) is 3.87. The highest BCUT2D eigenvalue weighted by molar-refractivity contribution is 5.73. The molecule has 146 valence electrons. The fraction of sp³-hybridized carbons (Fsp3) is 0.182. The molecule has 0 aliphatic rings. The summed E-state index contributed by atoms with van der Waals surface area (Å²) in [5, 5.41) is 4.15. The second-order valence-electron chi connectivity index (χ2n) is 6.59. The van der Waals surface area contributed by atoms with Crippen molar-refractivity contribution >= 4 is 11.7 Å². The van der Waals surface area contributed by atoms with E-state index in [-0.39, 0.29) is 19.0 Å². The molecule has 2 aromatic heterocycles. The first-order valence-corrected chi connectivity index (χ1v) is 9.24. The summed E-state index contributed by atoms with van der Waals surface area (Å²) in [6.07, 6.45) is 1.56. The van der Waals surface area contributed by atoms with Crippen LogP contribution in [0.15, 0.2) is 60.9 Å². The Kier molecular flexibility index (Phi) is 5.20. The monoisotopic (exact) mass is 388 g/mol. The molecule has 0 N–H and O–H groups in total. The third-order valence-corrected chi connectivity index (χ3v) is 4.64. The molecule has 0 amide bonds. The fourth-order valence-corrected chi connectivity index (χ4v) is 3.10. The zero-order valence-electron chi connectivity index (χ0n) is 16.2. The molecule has 0 unspecified atom stereocenters. The van der Waals surface area contributed by atoms with Crippen molar-refractivity contribution < 1.29 is 14.3 Å². The molecule has 2 aromatic carbocycles. The van der Waals surface area contributed by atoms with Crippen LogP contribution >= 0.6 is 0 Å². The Morgan fingerprint density at radius 3 is 2.62 bits per heavy atom. The second kappa shape index (κ2) is 8.10. The van der Waals surface area contributed by atoms with Gasteiger partial charge in [-0.3, -0.25) is 4.79 Å². The van der Waals surface area contributed by atoms with Gasteiger partial charge < -0.3 is 9.47 Å². The summed E-state index contributed by atoms with van der Waals surface area (Å²) >= 11 is 0. The van der Waals surface area contributed by atoms with Gasteiger partial charge >= 0.3 is 5.97 Å². The second-order valence-corrected chi connectivity index (χ2v) is 6.59. The molecule has 4 rings (SSSR count). The van der Waals surface area contributed by atoms with E-state index in [9.17, 15) is 4.79 Å². The van der Waals surface area contributed by atoms with Crippen molar-refractivity contribution in [1.29, 1.82) is 0 Å². The predicted octanol–water partition coefficient (Wildman–Crippen LogP) is 3.82. The summed E-state index contributed by atoms with van der Waals surface area (Å²) < 4.78 is 13.1. The Hall–Kier alpha value is -3.74. The number of aryl methyl sites for hydroxylation is 2. The Balaban J connectivity index is 1.46. The van der Waals surface area contributed by atoms with E-state index in [1.54, 1.807) is 4.52 Å². The van der Waals surface area contributed by atoms with E-state index in [0.29, 0.717) is 11.5 Å². The minimum atomic E-state index is -0.341. The van der Waals surface area contributed by atoms with Crippen LogP contribution in [0.4, 0.5) is 0 Å². The fourth-order valence-electron chi connectivity index (χ4n) is 3.10. The topological polar surface area (TPSA) is 78.6 Å². The molecule has 7 nitrogen and oxygen atoms in total. The zero-order valence-corrected chi connectivity index (χ0v) is 16.2.